The first kappa shape index (κ1) is 5.22. The third kappa shape index (κ3) is 0.500. The van der Waals surface area contributed by atoms with Gasteiger partial charge in [-0.25, -0.2) is 4.98 Å². The molecule has 0 spiro atoms. The van der Waals surface area contributed by atoms with Crippen LogP contribution in [0.1, 0.15) is 5.69 Å². The van der Waals surface area contributed by atoms with Crippen molar-refractivity contribution in [2.45, 2.75) is 0 Å². The van der Waals surface area contributed by atoms with Gasteiger partial charge in [-0.1, -0.05) is 6.58 Å². The number of rotatable bonds is 1. The predicted octanol–water partition coefficient (Wildman–Crippen LogP) is 0.965. The van der Waals surface area contributed by atoms with E-state index in [0.717, 1.165) is 5.69 Å². The zero-order valence-corrected chi connectivity index (χ0v) is 5.19. The van der Waals surface area contributed by atoms with Gasteiger partial charge in [0, 0.05) is 0 Å². The molecular formula is C6H5N3O. The van der Waals surface area contributed by atoms with E-state index in [1.165, 1.54) is 11.0 Å². The lowest BCUT2D eigenvalue weighted by molar-refractivity contribution is 0.372. The second-order valence-corrected chi connectivity index (χ2v) is 1.82. The van der Waals surface area contributed by atoms with Crippen LogP contribution < -0.4 is 0 Å². The largest absolute Gasteiger partial charge is 0.360 e. The summed E-state index contributed by atoms with van der Waals surface area (Å²) < 4.78 is 6.38. The van der Waals surface area contributed by atoms with Crippen LogP contribution in [0.5, 0.6) is 0 Å². The normalized spacial score (nSPS) is 10.4. The van der Waals surface area contributed by atoms with E-state index in [9.17, 15) is 0 Å². The van der Waals surface area contributed by atoms with Crippen molar-refractivity contribution >= 4 is 11.7 Å². The van der Waals surface area contributed by atoms with Gasteiger partial charge in [0.25, 0.3) is 0 Å². The summed E-state index contributed by atoms with van der Waals surface area (Å²) in [5, 5.41) is 0. The van der Waals surface area contributed by atoms with E-state index in [2.05, 4.69) is 16.5 Å². The second kappa shape index (κ2) is 1.70. The molecular weight excluding hydrogens is 130 g/mol. The van der Waals surface area contributed by atoms with E-state index in [1.807, 2.05) is 0 Å². The molecule has 10 heavy (non-hydrogen) atoms. The van der Waals surface area contributed by atoms with Crippen molar-refractivity contribution < 1.29 is 4.52 Å². The van der Waals surface area contributed by atoms with Crippen molar-refractivity contribution in [3.63, 3.8) is 0 Å². The van der Waals surface area contributed by atoms with Crippen molar-refractivity contribution in [2.24, 2.45) is 0 Å². The first-order valence-corrected chi connectivity index (χ1v) is 2.81. The molecule has 0 N–H and O–H groups in total. The van der Waals surface area contributed by atoms with Crippen LogP contribution in [0.25, 0.3) is 11.7 Å². The summed E-state index contributed by atoms with van der Waals surface area (Å²) >= 11 is 0. The molecule has 0 saturated carbocycles. The maximum atomic E-state index is 4.90. The van der Waals surface area contributed by atoms with Gasteiger partial charge in [0.2, 0.25) is 6.39 Å². The van der Waals surface area contributed by atoms with Crippen LogP contribution in [0.15, 0.2) is 23.8 Å². The van der Waals surface area contributed by atoms with Crippen LogP contribution >= 0.6 is 0 Å². The molecule has 0 aromatic carbocycles. The SMILES string of the molecule is C=Cc1ncn2ocnc12. The minimum absolute atomic E-state index is 0.704. The molecule has 0 fully saturated rings. The Morgan fingerprint density at radius 1 is 1.60 bits per heavy atom. The lowest BCUT2D eigenvalue weighted by Crippen LogP contribution is -1.72. The fraction of sp³-hybridized carbons (Fsp3) is 0. The zero-order valence-electron chi connectivity index (χ0n) is 5.19. The van der Waals surface area contributed by atoms with Gasteiger partial charge in [-0.15, -0.1) is 4.57 Å². The smallest absolute Gasteiger partial charge is 0.212 e. The molecule has 0 saturated heterocycles. The van der Waals surface area contributed by atoms with Crippen molar-refractivity contribution in [1.82, 2.24) is 14.5 Å². The summed E-state index contributed by atoms with van der Waals surface area (Å²) in [4.78, 5) is 7.87. The highest BCUT2D eigenvalue weighted by Gasteiger charge is 2.01. The molecule has 2 rings (SSSR count). The van der Waals surface area contributed by atoms with Crippen LogP contribution in [-0.2, 0) is 0 Å². The summed E-state index contributed by atoms with van der Waals surface area (Å²) in [6.07, 6.45) is 4.56. The predicted molar refractivity (Wildman–Crippen MR) is 35.3 cm³/mol. The molecule has 2 heterocycles. The van der Waals surface area contributed by atoms with Gasteiger partial charge < -0.3 is 4.52 Å². The molecule has 0 aliphatic rings. The van der Waals surface area contributed by atoms with Gasteiger partial charge in [-0.2, -0.15) is 4.98 Å². The van der Waals surface area contributed by atoms with Gasteiger partial charge >= 0.3 is 0 Å². The molecule has 0 atom stereocenters. The average Bonchev–Trinajstić information content (AvgIpc) is 2.44. The Hall–Kier alpha value is -1.58. The Morgan fingerprint density at radius 2 is 2.50 bits per heavy atom. The molecule has 0 bridgehead atoms. The van der Waals surface area contributed by atoms with Crippen molar-refractivity contribution in [3.05, 3.63) is 25.0 Å². The number of imidazole rings is 1. The van der Waals surface area contributed by atoms with Crippen LogP contribution in [0, 0.1) is 0 Å². The van der Waals surface area contributed by atoms with Crippen LogP contribution in [-0.4, -0.2) is 14.5 Å². The minimum atomic E-state index is 0.704. The van der Waals surface area contributed by atoms with E-state index < -0.39 is 0 Å². The third-order valence-corrected chi connectivity index (χ3v) is 1.27. The quantitative estimate of drug-likeness (QED) is 0.585. The van der Waals surface area contributed by atoms with Gasteiger partial charge in [0.15, 0.2) is 5.65 Å². The number of fused-ring (bicyclic) bond motifs is 1. The molecule has 0 aliphatic carbocycles. The monoisotopic (exact) mass is 135 g/mol. The fourth-order valence-corrected chi connectivity index (χ4v) is 0.808. The van der Waals surface area contributed by atoms with Gasteiger partial charge in [-0.3, -0.25) is 0 Å². The third-order valence-electron chi connectivity index (χ3n) is 1.27. The van der Waals surface area contributed by atoms with Crippen LogP contribution in [0.4, 0.5) is 0 Å². The van der Waals surface area contributed by atoms with Crippen LogP contribution in [0.3, 0.4) is 0 Å². The van der Waals surface area contributed by atoms with Crippen molar-refractivity contribution in [3.8, 4) is 0 Å². The minimum Gasteiger partial charge on any atom is -0.360 e. The summed E-state index contributed by atoms with van der Waals surface area (Å²) in [6.45, 7) is 3.58. The fourth-order valence-electron chi connectivity index (χ4n) is 0.808. The second-order valence-electron chi connectivity index (χ2n) is 1.82. The molecule has 0 radical (unpaired) electrons. The highest BCUT2D eigenvalue weighted by Crippen LogP contribution is 2.06. The lowest BCUT2D eigenvalue weighted by Gasteiger charge is -1.75. The summed E-state index contributed by atoms with van der Waals surface area (Å²) in [6, 6.07) is 0. The van der Waals surface area contributed by atoms with Crippen LogP contribution in [0.2, 0.25) is 0 Å². The maximum Gasteiger partial charge on any atom is 0.212 e. The molecule has 2 aromatic heterocycles. The van der Waals surface area contributed by atoms with E-state index in [4.69, 9.17) is 4.52 Å². The number of aromatic nitrogens is 3. The Balaban J connectivity index is 2.88. The standard InChI is InChI=1S/C6H5N3O/c1-2-5-6-8-4-10-9(6)3-7-5/h2-4H,1H2. The molecule has 4 nitrogen and oxygen atoms in total. The van der Waals surface area contributed by atoms with Crippen molar-refractivity contribution in [1.29, 1.82) is 0 Å². The molecule has 0 unspecified atom stereocenters. The lowest BCUT2D eigenvalue weighted by atomic mass is 10.4. The highest BCUT2D eigenvalue weighted by atomic mass is 16.5. The first-order valence-electron chi connectivity index (χ1n) is 2.81. The Morgan fingerprint density at radius 3 is 3.30 bits per heavy atom. The number of hydrogen-bond acceptors (Lipinski definition) is 3. The Kier molecular flexibility index (Phi) is 0.887. The van der Waals surface area contributed by atoms with E-state index in [-0.39, 0.29) is 0 Å². The van der Waals surface area contributed by atoms with Gasteiger partial charge in [0.05, 0.1) is 0 Å². The topological polar surface area (TPSA) is 43.3 Å². The van der Waals surface area contributed by atoms with Crippen molar-refractivity contribution in [2.75, 3.05) is 0 Å². The molecule has 50 valence electrons. The number of hydrogen-bond donors (Lipinski definition) is 0. The molecule has 0 aliphatic heterocycles. The molecule has 2 aromatic rings. The average molecular weight is 135 g/mol. The van der Waals surface area contributed by atoms with Gasteiger partial charge in [0.1, 0.15) is 12.0 Å². The maximum absolute atomic E-state index is 4.90. The molecule has 0 amide bonds. The van der Waals surface area contributed by atoms with Gasteiger partial charge in [-0.05, 0) is 6.08 Å². The first-order chi connectivity index (χ1) is 4.92. The van der Waals surface area contributed by atoms with E-state index >= 15 is 0 Å². The summed E-state index contributed by atoms with van der Waals surface area (Å²) in [5.41, 5.74) is 1.45. The van der Waals surface area contributed by atoms with E-state index in [1.54, 1.807) is 12.4 Å². The molecule has 4 heteroatoms. The highest BCUT2D eigenvalue weighted by molar-refractivity contribution is 5.59. The zero-order chi connectivity index (χ0) is 6.97. The Bertz CT molecular complexity index is 360. The Labute approximate surface area is 56.8 Å². The van der Waals surface area contributed by atoms with E-state index in [0.29, 0.717) is 5.65 Å². The summed E-state index contributed by atoms with van der Waals surface area (Å²) in [7, 11) is 0. The number of nitrogens with zero attached hydrogens (tertiary/aromatic N) is 3. The summed E-state index contributed by atoms with van der Waals surface area (Å²) in [5.74, 6) is 0.